The third-order valence-electron chi connectivity index (χ3n) is 12.4. The molecule has 5 unspecified atom stereocenters. The molecule has 2 bridgehead atoms. The zero-order chi connectivity index (χ0) is 33.0. The molecular weight excluding hydrogens is 617 g/mol. The van der Waals surface area contributed by atoms with Gasteiger partial charge in [0.2, 0.25) is 5.91 Å². The summed E-state index contributed by atoms with van der Waals surface area (Å²) in [7, 11) is 0. The maximum absolute atomic E-state index is 13.5. The molecule has 1 aliphatic carbocycles. The Kier molecular flexibility index (Phi) is 8.68. The molecule has 5 aliphatic heterocycles. The van der Waals surface area contributed by atoms with E-state index in [2.05, 4.69) is 14.5 Å². The van der Waals surface area contributed by atoms with Gasteiger partial charge in [0, 0.05) is 74.9 Å². The summed E-state index contributed by atoms with van der Waals surface area (Å²) < 4.78 is 45.1. The maximum Gasteiger partial charge on any atom is 0.573 e. The second-order valence-electron chi connectivity index (χ2n) is 15.2. The lowest BCUT2D eigenvalue weighted by Crippen LogP contribution is -2.60. The molecule has 0 spiro atoms. The number of alkyl halides is 3. The second kappa shape index (κ2) is 13.0. The van der Waals surface area contributed by atoms with Gasteiger partial charge >= 0.3 is 6.36 Å². The Hall–Kier alpha value is -3.11. The predicted octanol–water partition coefficient (Wildman–Crippen LogP) is 6.36. The number of amides is 2. The number of carbonyl (C=O) groups excluding carboxylic acids is 2. The Morgan fingerprint density at radius 3 is 2.27 bits per heavy atom. The van der Waals surface area contributed by atoms with Crippen LogP contribution in [0.5, 0.6) is 5.75 Å². The third kappa shape index (κ3) is 6.35. The largest absolute Gasteiger partial charge is 0.573 e. The van der Waals surface area contributed by atoms with Crippen LogP contribution in [0.4, 0.5) is 13.2 Å². The van der Waals surface area contributed by atoms with Crippen LogP contribution in [0.25, 0.3) is 11.1 Å². The number of fused-ring (bicyclic) bond motifs is 1. The van der Waals surface area contributed by atoms with E-state index in [1.807, 2.05) is 9.80 Å². The number of rotatable bonds is 7. The normalized spacial score (nSPS) is 30.0. The summed E-state index contributed by atoms with van der Waals surface area (Å²) in [5.74, 6) is 0.323. The molecular formula is C38H47F3N4O3. The van der Waals surface area contributed by atoms with Crippen LogP contribution >= 0.6 is 0 Å². The number of likely N-dealkylation sites (tertiary alicyclic amines) is 1. The molecule has 10 heteroatoms. The summed E-state index contributed by atoms with van der Waals surface area (Å²) in [6.07, 6.45) is 6.76. The molecule has 258 valence electrons. The van der Waals surface area contributed by atoms with Gasteiger partial charge < -0.3 is 14.5 Å². The fourth-order valence-corrected chi connectivity index (χ4v) is 10.1. The first-order valence-corrected chi connectivity index (χ1v) is 18.3. The minimum atomic E-state index is -4.85. The van der Waals surface area contributed by atoms with Crippen molar-refractivity contribution >= 4 is 11.8 Å². The van der Waals surface area contributed by atoms with Crippen LogP contribution in [0.3, 0.4) is 0 Å². The van der Waals surface area contributed by atoms with Crippen molar-refractivity contribution in [2.24, 2.45) is 11.8 Å². The van der Waals surface area contributed by atoms with Gasteiger partial charge in [-0.2, -0.15) is 0 Å². The molecule has 0 N–H and O–H groups in total. The van der Waals surface area contributed by atoms with Crippen molar-refractivity contribution in [1.29, 1.82) is 0 Å². The fraction of sp³-hybridized carbons (Fsp3) is 0.632. The van der Waals surface area contributed by atoms with E-state index in [1.165, 1.54) is 44.7 Å². The minimum Gasteiger partial charge on any atom is -0.405 e. The summed E-state index contributed by atoms with van der Waals surface area (Å²) in [6, 6.07) is 14.3. The Morgan fingerprint density at radius 1 is 0.792 bits per heavy atom. The number of benzene rings is 2. The fourth-order valence-electron chi connectivity index (χ4n) is 10.1. The number of hydrogen-bond acceptors (Lipinski definition) is 5. The van der Waals surface area contributed by atoms with Gasteiger partial charge in [-0.15, -0.1) is 13.2 Å². The minimum absolute atomic E-state index is 0.00600. The van der Waals surface area contributed by atoms with Crippen molar-refractivity contribution in [2.75, 3.05) is 39.3 Å². The summed E-state index contributed by atoms with van der Waals surface area (Å²) >= 11 is 0. The highest BCUT2D eigenvalue weighted by Crippen LogP contribution is 2.46. The average molecular weight is 665 g/mol. The lowest BCUT2D eigenvalue weighted by molar-refractivity contribution is -0.274. The molecule has 2 amide bonds. The first-order chi connectivity index (χ1) is 23.2. The summed E-state index contributed by atoms with van der Waals surface area (Å²) in [6.45, 7) is 5.15. The Labute approximate surface area is 281 Å². The number of hydrogen-bond donors (Lipinski definition) is 0. The van der Waals surface area contributed by atoms with Gasteiger partial charge in [0.1, 0.15) is 5.75 Å². The molecule has 0 radical (unpaired) electrons. The van der Waals surface area contributed by atoms with Gasteiger partial charge in [0.05, 0.1) is 0 Å². The summed E-state index contributed by atoms with van der Waals surface area (Å²) in [5, 5.41) is 0. The number of ether oxygens (including phenoxy) is 1. The van der Waals surface area contributed by atoms with Crippen molar-refractivity contribution in [2.45, 2.75) is 101 Å². The first-order valence-electron chi connectivity index (χ1n) is 18.3. The Balaban J connectivity index is 0.910. The van der Waals surface area contributed by atoms with Gasteiger partial charge in [-0.3, -0.25) is 19.4 Å². The van der Waals surface area contributed by atoms with E-state index in [4.69, 9.17) is 0 Å². The SMILES string of the molecule is O=C(c1ccc(-c2ccc(CC3CCN(C4CCCCC4)C3=O)c(OC(F)(F)F)c2)cc1)N1CCN(C2CCC3CC4CC2N3C4)CC1. The molecule has 6 aliphatic rings. The summed E-state index contributed by atoms with van der Waals surface area (Å²) in [5.41, 5.74) is 2.24. The smallest absolute Gasteiger partial charge is 0.405 e. The molecule has 8 rings (SSSR count). The van der Waals surface area contributed by atoms with Crippen LogP contribution in [0.2, 0.25) is 0 Å². The lowest BCUT2D eigenvalue weighted by atomic mass is 9.82. The average Bonchev–Trinajstić information content (AvgIpc) is 3.81. The predicted molar refractivity (Wildman–Crippen MR) is 176 cm³/mol. The quantitative estimate of drug-likeness (QED) is 0.345. The number of halogens is 3. The first kappa shape index (κ1) is 32.1. The molecule has 6 fully saturated rings. The van der Waals surface area contributed by atoms with Gasteiger partial charge in [-0.25, -0.2) is 0 Å². The van der Waals surface area contributed by atoms with Crippen LogP contribution in [-0.4, -0.2) is 101 Å². The van der Waals surface area contributed by atoms with E-state index in [0.29, 0.717) is 60.4 Å². The number of piperidine rings is 2. The van der Waals surface area contributed by atoms with Crippen molar-refractivity contribution in [1.82, 2.24) is 19.6 Å². The molecule has 48 heavy (non-hydrogen) atoms. The highest BCUT2D eigenvalue weighted by Gasteiger charge is 2.51. The maximum atomic E-state index is 13.5. The Bertz CT molecular complexity index is 1500. The lowest BCUT2D eigenvalue weighted by Gasteiger charge is -2.49. The van der Waals surface area contributed by atoms with Gasteiger partial charge in [0.15, 0.2) is 0 Å². The topological polar surface area (TPSA) is 56.3 Å². The second-order valence-corrected chi connectivity index (χ2v) is 15.2. The van der Waals surface area contributed by atoms with Crippen molar-refractivity contribution in [3.05, 3.63) is 53.6 Å². The van der Waals surface area contributed by atoms with Crippen LogP contribution < -0.4 is 4.74 Å². The van der Waals surface area contributed by atoms with Crippen LogP contribution in [0, 0.1) is 11.8 Å². The molecule has 7 nitrogen and oxygen atoms in total. The molecule has 5 atom stereocenters. The molecule has 5 saturated heterocycles. The standard InChI is InChI=1S/C38H47F3N4O3/c39-38(40,41)48-35-23-28(10-11-29(35)22-30-14-15-44(37(30)47)31-4-2-1-3-5-31)26-6-8-27(9-7-26)36(46)43-18-16-42(17-19-43)33-13-12-32-20-25-21-34(33)45(32)24-25/h6-11,23,25,30-34H,1-5,12-22,24H2. The van der Waals surface area contributed by atoms with E-state index in [9.17, 15) is 22.8 Å². The van der Waals surface area contributed by atoms with E-state index < -0.39 is 6.36 Å². The van der Waals surface area contributed by atoms with Crippen molar-refractivity contribution < 1.29 is 27.5 Å². The van der Waals surface area contributed by atoms with Crippen LogP contribution in [0.1, 0.15) is 80.1 Å². The van der Waals surface area contributed by atoms with Crippen LogP contribution in [0.15, 0.2) is 42.5 Å². The van der Waals surface area contributed by atoms with Crippen molar-refractivity contribution in [3.8, 4) is 16.9 Å². The summed E-state index contributed by atoms with van der Waals surface area (Å²) in [4.78, 5) is 36.0. The molecule has 2 aromatic rings. The highest BCUT2D eigenvalue weighted by molar-refractivity contribution is 5.94. The van der Waals surface area contributed by atoms with E-state index >= 15 is 0 Å². The molecule has 1 saturated carbocycles. The number of carbonyl (C=O) groups is 2. The van der Waals surface area contributed by atoms with Gasteiger partial charge in [-0.1, -0.05) is 43.5 Å². The third-order valence-corrected chi connectivity index (χ3v) is 12.4. The van der Waals surface area contributed by atoms with Gasteiger partial charge in [-0.05, 0) is 92.2 Å². The van der Waals surface area contributed by atoms with Gasteiger partial charge in [0.25, 0.3) is 5.91 Å². The zero-order valence-electron chi connectivity index (χ0n) is 27.7. The Morgan fingerprint density at radius 2 is 1.54 bits per heavy atom. The van der Waals surface area contributed by atoms with E-state index in [0.717, 1.165) is 50.7 Å². The van der Waals surface area contributed by atoms with Crippen molar-refractivity contribution in [3.63, 3.8) is 0 Å². The molecule has 0 aromatic heterocycles. The number of piperazine rings is 1. The van der Waals surface area contributed by atoms with E-state index in [1.54, 1.807) is 36.4 Å². The monoisotopic (exact) mass is 664 g/mol. The zero-order valence-corrected chi connectivity index (χ0v) is 27.7. The number of nitrogens with zero attached hydrogens (tertiary/aromatic N) is 4. The highest BCUT2D eigenvalue weighted by atomic mass is 19.4. The molecule has 2 aromatic carbocycles. The molecule has 5 heterocycles. The van der Waals surface area contributed by atoms with Crippen LogP contribution in [-0.2, 0) is 11.2 Å². The van der Waals surface area contributed by atoms with E-state index in [-0.39, 0.29) is 35.9 Å².